The first kappa shape index (κ1) is 30.2. The summed E-state index contributed by atoms with van der Waals surface area (Å²) in [6.07, 6.45) is 4.32. The summed E-state index contributed by atoms with van der Waals surface area (Å²) in [5.41, 5.74) is 3.52. The second-order valence-corrected chi connectivity index (χ2v) is 12.7. The van der Waals surface area contributed by atoms with Gasteiger partial charge in [0.15, 0.2) is 0 Å². The second kappa shape index (κ2) is 13.1. The number of esters is 1. The van der Waals surface area contributed by atoms with E-state index in [1.54, 1.807) is 29.2 Å². The Labute approximate surface area is 268 Å². The Hall–Kier alpha value is -4.50. The van der Waals surface area contributed by atoms with Gasteiger partial charge >= 0.3 is 5.97 Å². The van der Waals surface area contributed by atoms with Gasteiger partial charge < -0.3 is 19.7 Å². The van der Waals surface area contributed by atoms with Gasteiger partial charge in [-0.3, -0.25) is 24.1 Å². The second-order valence-electron chi connectivity index (χ2n) is 12.7. The summed E-state index contributed by atoms with van der Waals surface area (Å²) in [5, 5.41) is 3.34. The van der Waals surface area contributed by atoms with Crippen LogP contribution in [-0.2, 0) is 27.4 Å². The molecule has 238 valence electrons. The number of benzene rings is 3. The van der Waals surface area contributed by atoms with Crippen LogP contribution in [0.5, 0.6) is 5.75 Å². The number of nitrogens with one attached hydrogen (secondary N) is 1. The molecule has 3 aromatic rings. The fourth-order valence-electron chi connectivity index (χ4n) is 7.54. The zero-order valence-electron chi connectivity index (χ0n) is 25.9. The van der Waals surface area contributed by atoms with E-state index in [-0.39, 0.29) is 42.9 Å². The number of hydrogen-bond donors (Lipinski definition) is 1. The Kier molecular flexibility index (Phi) is 8.58. The van der Waals surface area contributed by atoms with Crippen LogP contribution in [0.3, 0.4) is 0 Å². The summed E-state index contributed by atoms with van der Waals surface area (Å²) < 4.78 is 12.3. The van der Waals surface area contributed by atoms with Gasteiger partial charge in [0.2, 0.25) is 5.91 Å². The summed E-state index contributed by atoms with van der Waals surface area (Å²) in [4.78, 5) is 58.3. The van der Waals surface area contributed by atoms with Crippen molar-refractivity contribution in [2.24, 2.45) is 11.8 Å². The molecule has 7 rings (SSSR count). The van der Waals surface area contributed by atoms with Gasteiger partial charge in [0.1, 0.15) is 18.5 Å². The average molecular weight is 622 g/mol. The van der Waals surface area contributed by atoms with Crippen LogP contribution in [0.2, 0.25) is 0 Å². The summed E-state index contributed by atoms with van der Waals surface area (Å²) >= 11 is 0. The Morgan fingerprint density at radius 2 is 1.54 bits per heavy atom. The lowest BCUT2D eigenvalue weighted by Gasteiger charge is -2.42. The summed E-state index contributed by atoms with van der Waals surface area (Å²) in [6.45, 7) is 2.17. The molecule has 0 aromatic heterocycles. The van der Waals surface area contributed by atoms with E-state index in [2.05, 4.69) is 5.32 Å². The van der Waals surface area contributed by atoms with Crippen molar-refractivity contribution in [1.29, 1.82) is 0 Å². The predicted molar refractivity (Wildman–Crippen MR) is 170 cm³/mol. The number of nitrogens with zero attached hydrogens (tertiary/aromatic N) is 2. The third-order valence-electron chi connectivity index (χ3n) is 9.92. The van der Waals surface area contributed by atoms with Crippen molar-refractivity contribution >= 4 is 23.7 Å². The number of imide groups is 1. The third-order valence-corrected chi connectivity index (χ3v) is 9.92. The Bertz CT molecular complexity index is 1600. The fraction of sp³-hybridized carbons (Fsp3) is 0.405. The maximum Gasteiger partial charge on any atom is 0.310 e. The Morgan fingerprint density at radius 3 is 2.26 bits per heavy atom. The lowest BCUT2D eigenvalue weighted by atomic mass is 9.77. The van der Waals surface area contributed by atoms with E-state index in [4.69, 9.17) is 9.47 Å². The van der Waals surface area contributed by atoms with Crippen molar-refractivity contribution in [3.05, 3.63) is 101 Å². The minimum atomic E-state index is -0.619. The first-order valence-electron chi connectivity index (χ1n) is 16.4. The van der Waals surface area contributed by atoms with Gasteiger partial charge in [-0.2, -0.15) is 0 Å². The summed E-state index contributed by atoms with van der Waals surface area (Å²) in [6, 6.07) is 21.7. The van der Waals surface area contributed by atoms with Gasteiger partial charge in [0.25, 0.3) is 11.8 Å². The topological polar surface area (TPSA) is 105 Å². The molecule has 4 atom stereocenters. The maximum atomic E-state index is 14.7. The van der Waals surface area contributed by atoms with Gasteiger partial charge in [-0.05, 0) is 61.6 Å². The van der Waals surface area contributed by atoms with Crippen molar-refractivity contribution in [2.45, 2.75) is 57.3 Å². The molecule has 1 saturated carbocycles. The van der Waals surface area contributed by atoms with Crippen molar-refractivity contribution < 1.29 is 28.7 Å². The first-order chi connectivity index (χ1) is 22.5. The van der Waals surface area contributed by atoms with Crippen LogP contribution in [0.4, 0.5) is 0 Å². The Balaban J connectivity index is 1.20. The standard InChI is InChI=1S/C37H39N3O6/c41-34(29-14-6-7-15-30(29)37(44)45-23-24-9-2-1-3-10-24)39-20-18-25-11-8-16-32(46-26-17-19-38-21-26)33(25)31(39)22-40-35(42)27-12-4-5-13-28(27)36(40)43/h1-5,8-13,16,26,29-31,38H,6-7,14-15,17-23H2/t26-,29+,30-,31+/m0/s1. The van der Waals surface area contributed by atoms with E-state index in [1.807, 2.05) is 48.5 Å². The first-order valence-corrected chi connectivity index (χ1v) is 16.4. The van der Waals surface area contributed by atoms with Crippen molar-refractivity contribution in [2.75, 3.05) is 26.2 Å². The molecular weight excluding hydrogens is 582 g/mol. The normalized spacial score (nSPS) is 24.0. The lowest BCUT2D eigenvalue weighted by molar-refractivity contribution is -0.159. The molecule has 1 saturated heterocycles. The van der Waals surface area contributed by atoms with Crippen molar-refractivity contribution in [3.63, 3.8) is 0 Å². The zero-order chi connectivity index (χ0) is 31.6. The minimum Gasteiger partial charge on any atom is -0.489 e. The molecule has 4 aliphatic rings. The highest BCUT2D eigenvalue weighted by Crippen LogP contribution is 2.42. The number of hydrogen-bond acceptors (Lipinski definition) is 7. The lowest BCUT2D eigenvalue weighted by Crippen LogP contribution is -2.50. The van der Waals surface area contributed by atoms with E-state index < -0.39 is 17.9 Å². The highest BCUT2D eigenvalue weighted by atomic mass is 16.5. The summed E-state index contributed by atoms with van der Waals surface area (Å²) in [7, 11) is 0. The molecular formula is C37H39N3O6. The molecule has 0 bridgehead atoms. The van der Waals surface area contributed by atoms with Gasteiger partial charge in [0.05, 0.1) is 35.5 Å². The van der Waals surface area contributed by atoms with Gasteiger partial charge in [0, 0.05) is 18.7 Å². The van der Waals surface area contributed by atoms with E-state index in [1.165, 1.54) is 4.90 Å². The number of amides is 3. The van der Waals surface area contributed by atoms with E-state index in [9.17, 15) is 19.2 Å². The molecule has 3 aromatic carbocycles. The van der Waals surface area contributed by atoms with Gasteiger partial charge in [-0.25, -0.2) is 0 Å². The van der Waals surface area contributed by atoms with Gasteiger partial charge in [-0.1, -0.05) is 67.4 Å². The fourth-order valence-corrected chi connectivity index (χ4v) is 7.54. The number of carbonyl (C=O) groups is 4. The van der Waals surface area contributed by atoms with Crippen LogP contribution >= 0.6 is 0 Å². The zero-order valence-corrected chi connectivity index (χ0v) is 25.9. The molecule has 9 nitrogen and oxygen atoms in total. The largest absolute Gasteiger partial charge is 0.489 e. The molecule has 9 heteroatoms. The predicted octanol–water partition coefficient (Wildman–Crippen LogP) is 4.70. The molecule has 0 radical (unpaired) electrons. The van der Waals surface area contributed by atoms with Crippen LogP contribution in [-0.4, -0.2) is 65.8 Å². The Morgan fingerprint density at radius 1 is 0.826 bits per heavy atom. The third kappa shape index (κ3) is 5.80. The summed E-state index contributed by atoms with van der Waals surface area (Å²) in [5.74, 6) is -1.64. The smallest absolute Gasteiger partial charge is 0.310 e. The molecule has 3 heterocycles. The average Bonchev–Trinajstić information content (AvgIpc) is 3.70. The highest BCUT2D eigenvalue weighted by molar-refractivity contribution is 6.21. The van der Waals surface area contributed by atoms with Crippen LogP contribution in [0.1, 0.15) is 75.6 Å². The van der Waals surface area contributed by atoms with Gasteiger partial charge in [-0.15, -0.1) is 0 Å². The van der Waals surface area contributed by atoms with E-state index in [0.717, 1.165) is 49.0 Å². The molecule has 3 amide bonds. The number of ether oxygens (including phenoxy) is 2. The molecule has 46 heavy (non-hydrogen) atoms. The molecule has 1 aliphatic carbocycles. The van der Waals surface area contributed by atoms with Crippen LogP contribution in [0.15, 0.2) is 72.8 Å². The minimum absolute atomic E-state index is 0.00418. The van der Waals surface area contributed by atoms with Crippen LogP contribution < -0.4 is 10.1 Å². The SMILES string of the molecule is O=C(OCc1ccccc1)[C@H]1CCCC[C@H]1C(=O)N1CCc2cccc(O[C@H]3CCNC3)c2[C@H]1CN1C(=O)c2ccccc2C1=O. The number of fused-ring (bicyclic) bond motifs is 2. The molecule has 0 spiro atoms. The monoisotopic (exact) mass is 621 g/mol. The van der Waals surface area contributed by atoms with Crippen molar-refractivity contribution in [1.82, 2.24) is 15.1 Å². The molecule has 0 unspecified atom stereocenters. The van der Waals surface area contributed by atoms with Crippen LogP contribution in [0, 0.1) is 11.8 Å². The van der Waals surface area contributed by atoms with E-state index >= 15 is 0 Å². The van der Waals surface area contributed by atoms with Crippen LogP contribution in [0.25, 0.3) is 0 Å². The van der Waals surface area contributed by atoms with Crippen molar-refractivity contribution in [3.8, 4) is 5.75 Å². The molecule has 1 N–H and O–H groups in total. The molecule has 2 fully saturated rings. The highest BCUT2D eigenvalue weighted by Gasteiger charge is 2.45. The quantitative estimate of drug-likeness (QED) is 0.287. The number of rotatable bonds is 8. The molecule has 3 aliphatic heterocycles. The number of carbonyl (C=O) groups excluding carboxylic acids is 4. The van der Waals surface area contributed by atoms with E-state index in [0.29, 0.717) is 42.7 Å². The maximum absolute atomic E-state index is 14.7.